The molecule has 0 aromatic carbocycles. The number of hydrogen-bond donors (Lipinski definition) is 2. The lowest BCUT2D eigenvalue weighted by Gasteiger charge is -2.22. The molecule has 1 aromatic heterocycles. The first-order valence-corrected chi connectivity index (χ1v) is 5.48. The minimum atomic E-state index is 0.0456. The largest absolute Gasteiger partial charge is 0.474 e. The molecule has 1 aromatic rings. The van der Waals surface area contributed by atoms with E-state index in [0.717, 1.165) is 12.8 Å². The molecule has 1 saturated heterocycles. The molecule has 2 rings (SSSR count). The molecule has 1 fully saturated rings. The molecule has 17 heavy (non-hydrogen) atoms. The number of amidine groups is 1. The fourth-order valence-electron chi connectivity index (χ4n) is 1.66. The number of ether oxygens (including phenoxy) is 2. The van der Waals surface area contributed by atoms with Gasteiger partial charge in [0.25, 0.3) is 0 Å². The first-order chi connectivity index (χ1) is 8.29. The van der Waals surface area contributed by atoms with Crippen molar-refractivity contribution in [3.05, 3.63) is 23.9 Å². The van der Waals surface area contributed by atoms with Crippen LogP contribution in [0.2, 0.25) is 0 Å². The van der Waals surface area contributed by atoms with Gasteiger partial charge in [0.2, 0.25) is 5.88 Å². The molecular formula is C11H15N3O3. The van der Waals surface area contributed by atoms with Crippen molar-refractivity contribution in [2.45, 2.75) is 18.9 Å². The number of nitrogens with two attached hydrogens (primary N) is 1. The maximum absolute atomic E-state index is 8.59. The second-order valence-corrected chi connectivity index (χ2v) is 3.80. The van der Waals surface area contributed by atoms with Crippen LogP contribution in [0.4, 0.5) is 0 Å². The summed E-state index contributed by atoms with van der Waals surface area (Å²) in [6.45, 7) is 1.43. The molecule has 0 spiro atoms. The molecule has 0 bridgehead atoms. The minimum absolute atomic E-state index is 0.0456. The third-order valence-corrected chi connectivity index (χ3v) is 2.59. The first-order valence-electron chi connectivity index (χ1n) is 5.48. The zero-order valence-corrected chi connectivity index (χ0v) is 9.37. The Labute approximate surface area is 99.0 Å². The third kappa shape index (κ3) is 3.07. The van der Waals surface area contributed by atoms with Crippen LogP contribution in [-0.4, -0.2) is 35.3 Å². The van der Waals surface area contributed by atoms with Gasteiger partial charge in [-0.3, -0.25) is 0 Å². The predicted molar refractivity (Wildman–Crippen MR) is 61.2 cm³/mol. The van der Waals surface area contributed by atoms with Crippen molar-refractivity contribution in [3.8, 4) is 5.88 Å². The Morgan fingerprint density at radius 3 is 3.00 bits per heavy atom. The molecule has 3 N–H and O–H groups in total. The topological polar surface area (TPSA) is 90.0 Å². The monoisotopic (exact) mass is 237 g/mol. The Morgan fingerprint density at radius 2 is 2.29 bits per heavy atom. The SMILES string of the molecule is NC(=NO)c1ccnc(OC2CCOCC2)c1. The van der Waals surface area contributed by atoms with E-state index >= 15 is 0 Å². The van der Waals surface area contributed by atoms with Gasteiger partial charge >= 0.3 is 0 Å². The zero-order chi connectivity index (χ0) is 12.1. The lowest BCUT2D eigenvalue weighted by molar-refractivity contribution is 0.0237. The normalized spacial score (nSPS) is 18.0. The van der Waals surface area contributed by atoms with Crippen LogP contribution in [0.5, 0.6) is 5.88 Å². The summed E-state index contributed by atoms with van der Waals surface area (Å²) in [6, 6.07) is 3.32. The van der Waals surface area contributed by atoms with Crippen LogP contribution in [0.15, 0.2) is 23.5 Å². The summed E-state index contributed by atoms with van der Waals surface area (Å²) in [5.41, 5.74) is 6.08. The van der Waals surface area contributed by atoms with Crippen LogP contribution in [-0.2, 0) is 4.74 Å². The van der Waals surface area contributed by atoms with Crippen molar-refractivity contribution in [1.82, 2.24) is 4.98 Å². The van der Waals surface area contributed by atoms with Crippen LogP contribution < -0.4 is 10.5 Å². The van der Waals surface area contributed by atoms with E-state index in [9.17, 15) is 0 Å². The molecule has 0 saturated carbocycles. The summed E-state index contributed by atoms with van der Waals surface area (Å²) >= 11 is 0. The second-order valence-electron chi connectivity index (χ2n) is 3.80. The Kier molecular flexibility index (Phi) is 3.77. The van der Waals surface area contributed by atoms with E-state index in [-0.39, 0.29) is 11.9 Å². The molecular weight excluding hydrogens is 222 g/mol. The summed E-state index contributed by atoms with van der Waals surface area (Å²) in [4.78, 5) is 4.09. The quantitative estimate of drug-likeness (QED) is 0.350. The van der Waals surface area contributed by atoms with Gasteiger partial charge in [-0.15, -0.1) is 0 Å². The van der Waals surface area contributed by atoms with Gasteiger partial charge in [0.15, 0.2) is 5.84 Å². The van der Waals surface area contributed by atoms with Crippen molar-refractivity contribution in [2.24, 2.45) is 10.9 Å². The standard InChI is InChI=1S/C11H15N3O3/c12-11(14-15)8-1-4-13-10(7-8)17-9-2-5-16-6-3-9/h1,4,7,9,15H,2-3,5-6H2,(H2,12,14). The molecule has 2 heterocycles. The highest BCUT2D eigenvalue weighted by molar-refractivity contribution is 5.97. The summed E-state index contributed by atoms with van der Waals surface area (Å²) in [6.07, 6.45) is 3.41. The maximum atomic E-state index is 8.59. The van der Waals surface area contributed by atoms with Crippen LogP contribution in [0.1, 0.15) is 18.4 Å². The molecule has 0 unspecified atom stereocenters. The van der Waals surface area contributed by atoms with E-state index in [1.54, 1.807) is 18.3 Å². The molecule has 0 amide bonds. The van der Waals surface area contributed by atoms with E-state index in [1.807, 2.05) is 0 Å². The number of rotatable bonds is 3. The van der Waals surface area contributed by atoms with Crippen molar-refractivity contribution >= 4 is 5.84 Å². The average Bonchev–Trinajstić information content (AvgIpc) is 2.39. The Balaban J connectivity index is 2.05. The van der Waals surface area contributed by atoms with E-state index in [4.69, 9.17) is 20.4 Å². The molecule has 6 nitrogen and oxygen atoms in total. The Morgan fingerprint density at radius 1 is 1.53 bits per heavy atom. The van der Waals surface area contributed by atoms with Gasteiger partial charge in [0.1, 0.15) is 6.10 Å². The summed E-state index contributed by atoms with van der Waals surface area (Å²) in [5.74, 6) is 0.533. The van der Waals surface area contributed by atoms with Gasteiger partial charge in [-0.1, -0.05) is 5.16 Å². The van der Waals surface area contributed by atoms with Crippen LogP contribution in [0.25, 0.3) is 0 Å². The molecule has 92 valence electrons. The highest BCUT2D eigenvalue weighted by Gasteiger charge is 2.16. The number of hydrogen-bond acceptors (Lipinski definition) is 5. The Bertz CT molecular complexity index is 403. The van der Waals surface area contributed by atoms with Gasteiger partial charge in [0.05, 0.1) is 13.2 Å². The van der Waals surface area contributed by atoms with Gasteiger partial charge < -0.3 is 20.4 Å². The van der Waals surface area contributed by atoms with Gasteiger partial charge in [-0.2, -0.15) is 0 Å². The third-order valence-electron chi connectivity index (χ3n) is 2.59. The number of nitrogens with zero attached hydrogens (tertiary/aromatic N) is 2. The summed E-state index contributed by atoms with van der Waals surface area (Å²) < 4.78 is 11.0. The van der Waals surface area contributed by atoms with Crippen molar-refractivity contribution < 1.29 is 14.7 Å². The lowest BCUT2D eigenvalue weighted by Crippen LogP contribution is -2.26. The van der Waals surface area contributed by atoms with E-state index in [0.29, 0.717) is 24.7 Å². The lowest BCUT2D eigenvalue weighted by atomic mass is 10.1. The molecule has 0 aliphatic carbocycles. The Hall–Kier alpha value is -1.82. The predicted octanol–water partition coefficient (Wildman–Crippen LogP) is 0.734. The first kappa shape index (κ1) is 11.7. The van der Waals surface area contributed by atoms with E-state index in [2.05, 4.69) is 10.1 Å². The van der Waals surface area contributed by atoms with Crippen LogP contribution in [0, 0.1) is 0 Å². The van der Waals surface area contributed by atoms with Crippen LogP contribution >= 0.6 is 0 Å². The number of aromatic nitrogens is 1. The zero-order valence-electron chi connectivity index (χ0n) is 9.37. The number of oxime groups is 1. The number of pyridine rings is 1. The molecule has 0 atom stereocenters. The molecule has 6 heteroatoms. The van der Waals surface area contributed by atoms with Crippen molar-refractivity contribution in [3.63, 3.8) is 0 Å². The molecule has 1 aliphatic heterocycles. The molecule has 1 aliphatic rings. The van der Waals surface area contributed by atoms with Crippen molar-refractivity contribution in [2.75, 3.05) is 13.2 Å². The molecule has 0 radical (unpaired) electrons. The minimum Gasteiger partial charge on any atom is -0.474 e. The summed E-state index contributed by atoms with van der Waals surface area (Å²) in [7, 11) is 0. The fraction of sp³-hybridized carbons (Fsp3) is 0.455. The highest BCUT2D eigenvalue weighted by Crippen LogP contribution is 2.16. The van der Waals surface area contributed by atoms with Crippen LogP contribution in [0.3, 0.4) is 0 Å². The highest BCUT2D eigenvalue weighted by atomic mass is 16.5. The van der Waals surface area contributed by atoms with Gasteiger partial charge in [0, 0.05) is 30.7 Å². The second kappa shape index (κ2) is 5.49. The van der Waals surface area contributed by atoms with Crippen molar-refractivity contribution in [1.29, 1.82) is 0 Å². The average molecular weight is 237 g/mol. The van der Waals surface area contributed by atoms with Gasteiger partial charge in [-0.05, 0) is 6.07 Å². The maximum Gasteiger partial charge on any atom is 0.214 e. The van der Waals surface area contributed by atoms with Gasteiger partial charge in [-0.25, -0.2) is 4.98 Å². The fourth-order valence-corrected chi connectivity index (χ4v) is 1.66. The van der Waals surface area contributed by atoms with E-state index in [1.165, 1.54) is 0 Å². The smallest absolute Gasteiger partial charge is 0.214 e. The summed E-state index contributed by atoms with van der Waals surface area (Å²) in [5, 5.41) is 11.5. The van der Waals surface area contributed by atoms with E-state index < -0.39 is 0 Å².